The van der Waals surface area contributed by atoms with Gasteiger partial charge in [-0.15, -0.1) is 0 Å². The van der Waals surface area contributed by atoms with Gasteiger partial charge in [0.2, 0.25) is 0 Å². The molecule has 2 unspecified atom stereocenters. The van der Waals surface area contributed by atoms with Crippen molar-refractivity contribution in [1.82, 2.24) is 9.80 Å². The van der Waals surface area contributed by atoms with Crippen molar-refractivity contribution >= 4 is 0 Å². The second-order valence-corrected chi connectivity index (χ2v) is 13.4. The van der Waals surface area contributed by atoms with Gasteiger partial charge in [-0.3, -0.25) is 0 Å². The van der Waals surface area contributed by atoms with E-state index >= 15 is 0 Å². The molecule has 4 saturated carbocycles. The highest BCUT2D eigenvalue weighted by Crippen LogP contribution is 2.60. The zero-order chi connectivity index (χ0) is 23.2. The van der Waals surface area contributed by atoms with Crippen LogP contribution in [-0.2, 0) is 0 Å². The van der Waals surface area contributed by atoms with E-state index in [1.165, 1.54) is 52.1 Å². The highest BCUT2D eigenvalue weighted by molar-refractivity contribution is 5.23. The van der Waals surface area contributed by atoms with Crippen LogP contribution < -0.4 is 0 Å². The van der Waals surface area contributed by atoms with Crippen LogP contribution in [0.5, 0.6) is 0 Å². The number of likely N-dealkylation sites (tertiary alicyclic amines) is 2. The lowest BCUT2D eigenvalue weighted by Gasteiger charge is -2.57. The first-order valence-corrected chi connectivity index (χ1v) is 14.8. The number of piperidine rings is 1. The Kier molecular flexibility index (Phi) is 6.02. The van der Waals surface area contributed by atoms with Crippen LogP contribution in [0.2, 0.25) is 0 Å². The van der Waals surface area contributed by atoms with Crippen LogP contribution in [0, 0.1) is 29.1 Å². The minimum atomic E-state index is 0.666. The van der Waals surface area contributed by atoms with Crippen LogP contribution in [-0.4, -0.2) is 49.1 Å². The van der Waals surface area contributed by atoms with Crippen LogP contribution >= 0.6 is 0 Å². The fourth-order valence-corrected chi connectivity index (χ4v) is 9.82. The van der Waals surface area contributed by atoms with Gasteiger partial charge in [0.1, 0.15) is 0 Å². The Morgan fingerprint density at radius 1 is 0.657 bits per heavy atom. The number of rotatable bonds is 6. The first-order valence-electron chi connectivity index (χ1n) is 14.8. The molecule has 0 aromatic heterocycles. The van der Waals surface area contributed by atoms with Gasteiger partial charge in [-0.25, -0.2) is 0 Å². The molecule has 2 heteroatoms. The van der Waals surface area contributed by atoms with Gasteiger partial charge in [0.15, 0.2) is 0 Å². The number of benzene rings is 2. The first-order chi connectivity index (χ1) is 17.2. The molecule has 35 heavy (non-hydrogen) atoms. The molecule has 6 fully saturated rings. The van der Waals surface area contributed by atoms with Crippen LogP contribution in [0.25, 0.3) is 0 Å². The molecule has 2 aliphatic heterocycles. The van der Waals surface area contributed by atoms with Gasteiger partial charge in [-0.2, -0.15) is 0 Å². The minimum absolute atomic E-state index is 0.666. The average molecular weight is 469 g/mol. The Hall–Kier alpha value is -1.64. The molecule has 8 rings (SSSR count). The number of hydrogen-bond acceptors (Lipinski definition) is 2. The van der Waals surface area contributed by atoms with E-state index in [9.17, 15) is 0 Å². The smallest absolute Gasteiger partial charge is 0.00543 e. The summed E-state index contributed by atoms with van der Waals surface area (Å²) in [5.41, 5.74) is 3.81. The quantitative estimate of drug-likeness (QED) is 0.460. The summed E-state index contributed by atoms with van der Waals surface area (Å²) in [5.74, 6) is 5.44. The number of nitrogens with zero attached hydrogens (tertiary/aromatic N) is 2. The molecule has 2 nitrogen and oxygen atoms in total. The molecule has 2 aromatic carbocycles. The van der Waals surface area contributed by atoms with Crippen LogP contribution in [0.3, 0.4) is 0 Å². The lowest BCUT2D eigenvalue weighted by molar-refractivity contribution is -0.0670. The maximum Gasteiger partial charge on any atom is 0.00543 e. The predicted molar refractivity (Wildman–Crippen MR) is 145 cm³/mol. The topological polar surface area (TPSA) is 6.48 Å². The summed E-state index contributed by atoms with van der Waals surface area (Å²) in [5, 5.41) is 0. The minimum Gasteiger partial charge on any atom is -0.303 e. The molecule has 0 radical (unpaired) electrons. The average Bonchev–Trinajstić information content (AvgIpc) is 3.26. The van der Waals surface area contributed by atoms with E-state index in [1.807, 2.05) is 0 Å². The predicted octanol–water partition coefficient (Wildman–Crippen LogP) is 6.80. The van der Waals surface area contributed by atoms with Crippen molar-refractivity contribution in [3.8, 4) is 0 Å². The molecule has 186 valence electrons. The summed E-state index contributed by atoms with van der Waals surface area (Å²) in [4.78, 5) is 5.75. The van der Waals surface area contributed by atoms with E-state index < -0.39 is 0 Å². The lowest BCUT2D eigenvalue weighted by Crippen LogP contribution is -2.51. The Morgan fingerprint density at radius 3 is 1.83 bits per heavy atom. The van der Waals surface area contributed by atoms with E-state index in [0.717, 1.165) is 29.6 Å². The monoisotopic (exact) mass is 468 g/mol. The molecular formula is C33H44N2. The lowest BCUT2D eigenvalue weighted by atomic mass is 9.49. The standard InChI is InChI=1S/C33H44N2/c1-3-7-28(8-4-1)29-11-13-34(14-12-29)21-31-22-35(23-32(31)30-9-5-2-6-10-30)24-33-18-25-15-26(19-33)17-27(16-25)20-33/h1-10,25-27,29,31-32H,11-24H2. The second kappa shape index (κ2) is 9.34. The fraction of sp³-hybridized carbons (Fsp3) is 0.636. The van der Waals surface area contributed by atoms with Gasteiger partial charge in [0, 0.05) is 32.1 Å². The molecule has 6 aliphatic rings. The summed E-state index contributed by atoms with van der Waals surface area (Å²) in [6.07, 6.45) is 12.0. The summed E-state index contributed by atoms with van der Waals surface area (Å²) >= 11 is 0. The summed E-state index contributed by atoms with van der Waals surface area (Å²) in [6.45, 7) is 7.83. The summed E-state index contributed by atoms with van der Waals surface area (Å²) < 4.78 is 0. The summed E-state index contributed by atoms with van der Waals surface area (Å²) in [7, 11) is 0. The molecule has 0 spiro atoms. The zero-order valence-corrected chi connectivity index (χ0v) is 21.5. The van der Waals surface area contributed by atoms with E-state index in [-0.39, 0.29) is 0 Å². The van der Waals surface area contributed by atoms with Crippen molar-refractivity contribution in [1.29, 1.82) is 0 Å². The van der Waals surface area contributed by atoms with Crippen molar-refractivity contribution < 1.29 is 0 Å². The molecule has 0 amide bonds. The Bertz CT molecular complexity index is 941. The molecule has 0 N–H and O–H groups in total. The molecule has 2 saturated heterocycles. The first kappa shape index (κ1) is 22.5. The maximum absolute atomic E-state index is 2.94. The van der Waals surface area contributed by atoms with E-state index in [4.69, 9.17) is 0 Å². The fourth-order valence-electron chi connectivity index (χ4n) is 9.82. The maximum atomic E-state index is 2.94. The molecule has 2 aromatic rings. The van der Waals surface area contributed by atoms with Crippen LogP contribution in [0.15, 0.2) is 60.7 Å². The third kappa shape index (κ3) is 4.62. The third-order valence-corrected chi connectivity index (χ3v) is 10.8. The second-order valence-electron chi connectivity index (χ2n) is 13.4. The molecular weight excluding hydrogens is 424 g/mol. The molecule has 4 bridgehead atoms. The van der Waals surface area contributed by atoms with Crippen molar-refractivity contribution in [2.75, 3.05) is 39.3 Å². The van der Waals surface area contributed by atoms with Gasteiger partial charge < -0.3 is 9.80 Å². The van der Waals surface area contributed by atoms with Crippen LogP contribution in [0.1, 0.15) is 74.3 Å². The Morgan fingerprint density at radius 2 is 1.23 bits per heavy atom. The Balaban J connectivity index is 1.03. The highest BCUT2D eigenvalue weighted by atomic mass is 15.2. The molecule has 4 aliphatic carbocycles. The Labute approximate surface area is 213 Å². The van der Waals surface area contributed by atoms with Crippen molar-refractivity contribution in [2.24, 2.45) is 29.1 Å². The summed E-state index contributed by atoms with van der Waals surface area (Å²) in [6, 6.07) is 22.8. The largest absolute Gasteiger partial charge is 0.303 e. The molecule has 2 atom stereocenters. The van der Waals surface area contributed by atoms with Gasteiger partial charge in [0.25, 0.3) is 0 Å². The van der Waals surface area contributed by atoms with Crippen LogP contribution in [0.4, 0.5) is 0 Å². The SMILES string of the molecule is c1ccc(C2CCN(CC3CN(CC45CC6CC(CC(C6)C4)C5)CC3c3ccccc3)CC2)cc1. The van der Waals surface area contributed by atoms with E-state index in [2.05, 4.69) is 70.5 Å². The molecule has 2 heterocycles. The van der Waals surface area contributed by atoms with Gasteiger partial charge >= 0.3 is 0 Å². The highest BCUT2D eigenvalue weighted by Gasteiger charge is 2.52. The van der Waals surface area contributed by atoms with Crippen molar-refractivity contribution in [2.45, 2.75) is 63.2 Å². The normalized spacial score (nSPS) is 37.8. The van der Waals surface area contributed by atoms with Crippen molar-refractivity contribution in [3.63, 3.8) is 0 Å². The van der Waals surface area contributed by atoms with Gasteiger partial charge in [0.05, 0.1) is 0 Å². The van der Waals surface area contributed by atoms with Crippen molar-refractivity contribution in [3.05, 3.63) is 71.8 Å². The van der Waals surface area contributed by atoms with Gasteiger partial charge in [-0.1, -0.05) is 60.7 Å². The zero-order valence-electron chi connectivity index (χ0n) is 21.5. The van der Waals surface area contributed by atoms with E-state index in [1.54, 1.807) is 49.7 Å². The van der Waals surface area contributed by atoms with Gasteiger partial charge in [-0.05, 0) is 111 Å². The van der Waals surface area contributed by atoms with E-state index in [0.29, 0.717) is 11.3 Å². The third-order valence-electron chi connectivity index (χ3n) is 10.8. The number of hydrogen-bond donors (Lipinski definition) is 0.